The van der Waals surface area contributed by atoms with E-state index in [0.29, 0.717) is 27.8 Å². The zero-order valence-corrected chi connectivity index (χ0v) is 25.9. The highest BCUT2D eigenvalue weighted by Gasteiger charge is 2.18. The van der Waals surface area contributed by atoms with Crippen molar-refractivity contribution in [1.29, 1.82) is 0 Å². The number of benzene rings is 4. The molecule has 0 heterocycles. The van der Waals surface area contributed by atoms with Crippen LogP contribution in [0.1, 0.15) is 24.0 Å². The number of carbonyl (C=O) groups is 2. The van der Waals surface area contributed by atoms with Crippen molar-refractivity contribution in [3.05, 3.63) is 118 Å². The largest absolute Gasteiger partial charge is 0.326 e. The van der Waals surface area contributed by atoms with Crippen LogP contribution in [0, 0.1) is 0 Å². The summed E-state index contributed by atoms with van der Waals surface area (Å²) in [5.41, 5.74) is 3.06. The molecule has 4 aromatic rings. The van der Waals surface area contributed by atoms with Crippen LogP contribution in [0.15, 0.2) is 107 Å². The third-order valence-corrected chi connectivity index (χ3v) is 10.4. The van der Waals surface area contributed by atoms with Crippen molar-refractivity contribution in [2.24, 2.45) is 0 Å². The Morgan fingerprint density at radius 2 is 0.837 bits per heavy atom. The summed E-state index contributed by atoms with van der Waals surface area (Å²) in [6.45, 7) is 0. The lowest BCUT2D eigenvalue weighted by Crippen LogP contribution is -2.17. The van der Waals surface area contributed by atoms with Gasteiger partial charge in [-0.15, -0.1) is 0 Å². The Balaban J connectivity index is 1.23. The zero-order valence-electron chi connectivity index (χ0n) is 22.8. The molecule has 2 N–H and O–H groups in total. The highest BCUT2D eigenvalue weighted by molar-refractivity contribution is 7.91. The van der Waals surface area contributed by atoms with Crippen molar-refractivity contribution >= 4 is 66.1 Å². The van der Waals surface area contributed by atoms with Crippen LogP contribution in [-0.2, 0) is 35.7 Å². The van der Waals surface area contributed by atoms with Crippen molar-refractivity contribution in [1.82, 2.24) is 0 Å². The summed E-state index contributed by atoms with van der Waals surface area (Å²) in [5, 5.41) is 6.29. The van der Waals surface area contributed by atoms with E-state index in [1.807, 2.05) is 24.3 Å². The van der Waals surface area contributed by atoms with Gasteiger partial charge >= 0.3 is 0 Å². The third-order valence-electron chi connectivity index (χ3n) is 6.42. The predicted octanol–water partition coefficient (Wildman–Crippen LogP) is 6.19. The molecule has 0 aliphatic carbocycles. The fraction of sp³-hybridized carbons (Fsp3) is 0.161. The molecule has 0 aromatic heterocycles. The molecule has 0 spiro atoms. The van der Waals surface area contributed by atoms with Crippen molar-refractivity contribution in [2.75, 3.05) is 22.1 Å². The molecule has 8 nitrogen and oxygen atoms in total. The maximum atomic E-state index is 12.4. The van der Waals surface area contributed by atoms with Gasteiger partial charge in [0.05, 0.1) is 21.3 Å². The summed E-state index contributed by atoms with van der Waals surface area (Å²) in [5.74, 6) is -1.47. The van der Waals surface area contributed by atoms with E-state index < -0.39 is 31.5 Å². The molecule has 0 atom stereocenters. The normalized spacial score (nSPS) is 11.6. The molecule has 0 saturated carbocycles. The van der Waals surface area contributed by atoms with Crippen LogP contribution in [0.2, 0.25) is 10.0 Å². The first-order chi connectivity index (χ1) is 20.4. The lowest BCUT2D eigenvalue weighted by Gasteiger charge is -2.09. The van der Waals surface area contributed by atoms with Gasteiger partial charge < -0.3 is 10.6 Å². The number of anilines is 2. The molecule has 2 amide bonds. The Morgan fingerprint density at radius 1 is 0.512 bits per heavy atom. The monoisotopic (exact) mass is 658 g/mol. The number of amides is 2. The highest BCUT2D eigenvalue weighted by atomic mass is 35.5. The average molecular weight is 660 g/mol. The summed E-state index contributed by atoms with van der Waals surface area (Å²) in [6, 6.07) is 26.0. The van der Waals surface area contributed by atoms with Gasteiger partial charge in [-0.1, -0.05) is 47.5 Å². The van der Waals surface area contributed by atoms with Crippen molar-refractivity contribution < 1.29 is 26.4 Å². The average Bonchev–Trinajstić information content (AvgIpc) is 2.98. The van der Waals surface area contributed by atoms with Gasteiger partial charge in [0.25, 0.3) is 0 Å². The van der Waals surface area contributed by atoms with Gasteiger partial charge in [-0.05, 0) is 90.3 Å². The topological polar surface area (TPSA) is 126 Å². The maximum Gasteiger partial charge on any atom is 0.225 e. The van der Waals surface area contributed by atoms with Crippen molar-refractivity contribution in [3.63, 3.8) is 0 Å². The Labute approximate surface area is 260 Å². The van der Waals surface area contributed by atoms with E-state index in [-0.39, 0.29) is 34.1 Å². The second kappa shape index (κ2) is 14.2. The molecule has 224 valence electrons. The fourth-order valence-corrected chi connectivity index (χ4v) is 6.80. The summed E-state index contributed by atoms with van der Waals surface area (Å²) in [6.07, 6.45) is 0.225. The number of sulfone groups is 2. The molecule has 12 heteroatoms. The van der Waals surface area contributed by atoms with Crippen LogP contribution in [0.4, 0.5) is 11.4 Å². The minimum atomic E-state index is -3.61. The van der Waals surface area contributed by atoms with E-state index >= 15 is 0 Å². The fourth-order valence-electron chi connectivity index (χ4n) is 4.07. The number of hydrogen-bond donors (Lipinski definition) is 2. The summed E-state index contributed by atoms with van der Waals surface area (Å²) < 4.78 is 49.8. The first-order valence-electron chi connectivity index (χ1n) is 13.1. The molecule has 0 unspecified atom stereocenters. The molecule has 0 radical (unpaired) electrons. The molecule has 0 bridgehead atoms. The van der Waals surface area contributed by atoms with Gasteiger partial charge in [0, 0.05) is 34.3 Å². The van der Waals surface area contributed by atoms with Crippen LogP contribution in [0.5, 0.6) is 0 Å². The van der Waals surface area contributed by atoms with Crippen LogP contribution >= 0.6 is 23.2 Å². The van der Waals surface area contributed by atoms with E-state index in [2.05, 4.69) is 10.6 Å². The van der Waals surface area contributed by atoms with Crippen LogP contribution in [-0.4, -0.2) is 40.2 Å². The van der Waals surface area contributed by atoms with E-state index in [1.165, 1.54) is 48.5 Å². The van der Waals surface area contributed by atoms with Gasteiger partial charge in [-0.3, -0.25) is 9.59 Å². The predicted molar refractivity (Wildman–Crippen MR) is 169 cm³/mol. The lowest BCUT2D eigenvalue weighted by molar-refractivity contribution is -0.116. The summed E-state index contributed by atoms with van der Waals surface area (Å²) in [4.78, 5) is 24.9. The second-order valence-corrected chi connectivity index (χ2v) is 14.8. The molecule has 0 aliphatic heterocycles. The maximum absolute atomic E-state index is 12.4. The summed E-state index contributed by atoms with van der Waals surface area (Å²) >= 11 is 11.6. The quantitative estimate of drug-likeness (QED) is 0.187. The Kier molecular flexibility index (Phi) is 10.6. The van der Waals surface area contributed by atoms with E-state index in [9.17, 15) is 26.4 Å². The van der Waals surface area contributed by atoms with E-state index in [4.69, 9.17) is 23.2 Å². The third kappa shape index (κ3) is 9.65. The molecule has 4 rings (SSSR count). The molecule has 4 aromatic carbocycles. The molecule has 43 heavy (non-hydrogen) atoms. The van der Waals surface area contributed by atoms with Crippen molar-refractivity contribution in [2.45, 2.75) is 29.1 Å². The number of halogens is 2. The highest BCUT2D eigenvalue weighted by Crippen LogP contribution is 2.19. The Morgan fingerprint density at radius 3 is 1.16 bits per heavy atom. The number of nitrogens with one attached hydrogen (secondary N) is 2. The standard InChI is InChI=1S/C31H28Cl2N2O6S2/c32-24-5-13-28(14-6-24)42(38,39)19-17-30(36)34-26-9-1-22(2-10-26)21-23-3-11-27(12-4-23)35-31(37)18-20-43(40,41)29-15-7-25(33)8-16-29/h1-16H,17-21H2,(H,34,36)(H,35,37). The van der Waals surface area contributed by atoms with E-state index in [1.54, 1.807) is 24.3 Å². The Hall–Kier alpha value is -3.70. The zero-order chi connectivity index (χ0) is 31.0. The van der Waals surface area contributed by atoms with Crippen LogP contribution in [0.3, 0.4) is 0 Å². The first-order valence-corrected chi connectivity index (χ1v) is 17.2. The molecular weight excluding hydrogens is 631 g/mol. The molecule has 0 saturated heterocycles. The number of hydrogen-bond acceptors (Lipinski definition) is 6. The van der Waals surface area contributed by atoms with Gasteiger partial charge in [-0.25, -0.2) is 16.8 Å². The lowest BCUT2D eigenvalue weighted by atomic mass is 10.0. The Bertz CT molecular complexity index is 1660. The minimum absolute atomic E-state index is 0.116. The van der Waals surface area contributed by atoms with Gasteiger partial charge in [-0.2, -0.15) is 0 Å². The molecule has 0 fully saturated rings. The number of rotatable bonds is 12. The minimum Gasteiger partial charge on any atom is -0.326 e. The van der Waals surface area contributed by atoms with E-state index in [0.717, 1.165) is 11.1 Å². The first kappa shape index (κ1) is 32.2. The van der Waals surface area contributed by atoms with Crippen LogP contribution in [0.25, 0.3) is 0 Å². The molecule has 0 aliphatic rings. The van der Waals surface area contributed by atoms with Crippen molar-refractivity contribution in [3.8, 4) is 0 Å². The summed E-state index contributed by atoms with van der Waals surface area (Å²) in [7, 11) is -7.21. The SMILES string of the molecule is O=C(CCS(=O)(=O)c1ccc(Cl)cc1)Nc1ccc(Cc2ccc(NC(=O)CCS(=O)(=O)c3ccc(Cl)cc3)cc2)cc1. The smallest absolute Gasteiger partial charge is 0.225 e. The van der Waals surface area contributed by atoms with Crippen LogP contribution < -0.4 is 10.6 Å². The van der Waals surface area contributed by atoms with Gasteiger partial charge in [0.1, 0.15) is 0 Å². The van der Waals surface area contributed by atoms with Gasteiger partial charge in [0.15, 0.2) is 19.7 Å². The molecular formula is C31H28Cl2N2O6S2. The number of carbonyl (C=O) groups excluding carboxylic acids is 2. The van der Waals surface area contributed by atoms with Gasteiger partial charge in [0.2, 0.25) is 11.8 Å². The second-order valence-electron chi connectivity index (χ2n) is 9.71.